The Bertz CT molecular complexity index is 363. The summed E-state index contributed by atoms with van der Waals surface area (Å²) >= 11 is 8.73. The lowest BCUT2D eigenvalue weighted by Gasteiger charge is -2.06. The average Bonchev–Trinajstić information content (AvgIpc) is 2.15. The summed E-state index contributed by atoms with van der Waals surface area (Å²) in [6, 6.07) is 5.22. The smallest absolute Gasteiger partial charge is 0.252 e. The van der Waals surface area contributed by atoms with Crippen LogP contribution in [0.4, 0.5) is 0 Å². The highest BCUT2D eigenvalue weighted by atomic mass is 79.9. The Kier molecular flexibility index (Phi) is 4.29. The van der Waals surface area contributed by atoms with Gasteiger partial charge in [-0.05, 0) is 35.7 Å². The van der Waals surface area contributed by atoms with Crippen molar-refractivity contribution in [2.75, 3.05) is 0 Å². The third kappa shape index (κ3) is 2.66. The highest BCUT2D eigenvalue weighted by Gasteiger charge is 2.10. The van der Waals surface area contributed by atoms with Crippen molar-refractivity contribution < 1.29 is 9.59 Å². The highest BCUT2D eigenvalue weighted by molar-refractivity contribution is 9.10. The number of rotatable bonds is 4. The molecule has 4 heteroatoms. The van der Waals surface area contributed by atoms with Crippen LogP contribution in [0.2, 0.25) is 0 Å². The summed E-state index contributed by atoms with van der Waals surface area (Å²) in [4.78, 5) is 21.3. The predicted molar refractivity (Wildman–Crippen MR) is 58.7 cm³/mol. The summed E-state index contributed by atoms with van der Waals surface area (Å²) in [6.07, 6.45) is 1.74. The number of halogens is 2. The summed E-state index contributed by atoms with van der Waals surface area (Å²) in [5, 5.41) is -0.493. The summed E-state index contributed by atoms with van der Waals surface area (Å²) in [5.41, 5.74) is 1.25. The molecule has 0 fully saturated rings. The van der Waals surface area contributed by atoms with Crippen LogP contribution in [0.3, 0.4) is 0 Å². The lowest BCUT2D eigenvalue weighted by atomic mass is 10.0. The number of carbonyl (C=O) groups excluding carboxylic acids is 2. The van der Waals surface area contributed by atoms with Crippen molar-refractivity contribution in [1.29, 1.82) is 0 Å². The van der Waals surface area contributed by atoms with Gasteiger partial charge in [0.05, 0.1) is 0 Å². The number of carbonyl (C=O) groups is 2. The van der Waals surface area contributed by atoms with Gasteiger partial charge in [-0.15, -0.1) is 0 Å². The molecule has 1 aromatic carbocycles. The number of hydrogen-bond acceptors (Lipinski definition) is 2. The fraction of sp³-hybridized carbons (Fsp3) is 0.200. The zero-order chi connectivity index (χ0) is 10.6. The molecular formula is C10H8BrClO2. The molecule has 0 aliphatic rings. The first-order chi connectivity index (χ1) is 6.66. The van der Waals surface area contributed by atoms with Crippen molar-refractivity contribution in [3.8, 4) is 0 Å². The molecular weight excluding hydrogens is 267 g/mol. The summed E-state index contributed by atoms with van der Waals surface area (Å²) in [7, 11) is 0. The number of hydrogen-bond donors (Lipinski definition) is 0. The first-order valence-corrected chi connectivity index (χ1v) is 5.24. The molecule has 0 atom stereocenters. The van der Waals surface area contributed by atoms with E-state index in [0.29, 0.717) is 18.4 Å². The molecule has 74 valence electrons. The van der Waals surface area contributed by atoms with Gasteiger partial charge in [-0.25, -0.2) is 0 Å². The van der Waals surface area contributed by atoms with Crippen LogP contribution in [-0.4, -0.2) is 11.5 Å². The van der Waals surface area contributed by atoms with Gasteiger partial charge < -0.3 is 4.79 Å². The first-order valence-electron chi connectivity index (χ1n) is 4.07. The Morgan fingerprint density at radius 2 is 2.21 bits per heavy atom. The maximum absolute atomic E-state index is 11.0. The topological polar surface area (TPSA) is 34.1 Å². The van der Waals surface area contributed by atoms with Crippen LogP contribution in [0.1, 0.15) is 22.3 Å². The van der Waals surface area contributed by atoms with E-state index in [1.165, 1.54) is 0 Å². The van der Waals surface area contributed by atoms with Gasteiger partial charge in [0.2, 0.25) is 0 Å². The van der Waals surface area contributed by atoms with Gasteiger partial charge in [-0.2, -0.15) is 0 Å². The molecule has 0 radical (unpaired) electrons. The predicted octanol–water partition coefficient (Wildman–Crippen LogP) is 2.96. The van der Waals surface area contributed by atoms with E-state index >= 15 is 0 Å². The van der Waals surface area contributed by atoms with Crippen molar-refractivity contribution in [3.05, 3.63) is 33.8 Å². The van der Waals surface area contributed by atoms with E-state index in [2.05, 4.69) is 15.9 Å². The van der Waals surface area contributed by atoms with Crippen molar-refractivity contribution in [3.63, 3.8) is 0 Å². The molecule has 0 saturated carbocycles. The Balaban J connectivity index is 3.08. The molecule has 0 heterocycles. The fourth-order valence-electron chi connectivity index (χ4n) is 1.20. The molecule has 0 amide bonds. The molecule has 0 spiro atoms. The van der Waals surface area contributed by atoms with Crippen molar-refractivity contribution in [1.82, 2.24) is 0 Å². The van der Waals surface area contributed by atoms with Crippen molar-refractivity contribution in [2.45, 2.75) is 12.8 Å². The van der Waals surface area contributed by atoms with Gasteiger partial charge in [0, 0.05) is 16.5 Å². The van der Waals surface area contributed by atoms with E-state index in [4.69, 9.17) is 11.6 Å². The number of aldehydes is 1. The molecule has 2 nitrogen and oxygen atoms in total. The van der Waals surface area contributed by atoms with E-state index < -0.39 is 5.24 Å². The highest BCUT2D eigenvalue weighted by Crippen LogP contribution is 2.23. The molecule has 0 bridgehead atoms. The minimum Gasteiger partial charge on any atom is -0.303 e. The van der Waals surface area contributed by atoms with Crippen LogP contribution in [0, 0.1) is 0 Å². The molecule has 0 aliphatic carbocycles. The standard InChI is InChI=1S/C10H8BrClO2/c11-9-5-1-3-8(10(12)14)7(9)4-2-6-13/h1,3,5-6H,2,4H2. The Morgan fingerprint density at radius 3 is 2.79 bits per heavy atom. The van der Waals surface area contributed by atoms with Crippen LogP contribution in [0.15, 0.2) is 22.7 Å². The van der Waals surface area contributed by atoms with Crippen LogP contribution in [-0.2, 0) is 11.2 Å². The maximum Gasteiger partial charge on any atom is 0.252 e. The minimum absolute atomic E-state index is 0.389. The average molecular weight is 276 g/mol. The second-order valence-corrected chi connectivity index (χ2v) is 3.94. The minimum atomic E-state index is -0.493. The Labute approximate surface area is 95.4 Å². The van der Waals surface area contributed by atoms with Crippen LogP contribution >= 0.6 is 27.5 Å². The molecule has 0 aromatic heterocycles. The molecule has 0 aliphatic heterocycles. The quantitative estimate of drug-likeness (QED) is 0.625. The SMILES string of the molecule is O=CCCc1c(Br)cccc1C(=O)Cl. The second-order valence-electron chi connectivity index (χ2n) is 2.74. The van der Waals surface area contributed by atoms with Crippen LogP contribution < -0.4 is 0 Å². The monoisotopic (exact) mass is 274 g/mol. The largest absolute Gasteiger partial charge is 0.303 e. The molecule has 14 heavy (non-hydrogen) atoms. The normalized spacial score (nSPS) is 9.86. The lowest BCUT2D eigenvalue weighted by molar-refractivity contribution is -0.107. The molecule has 1 aromatic rings. The van der Waals surface area contributed by atoms with Gasteiger partial charge in [-0.3, -0.25) is 4.79 Å². The first kappa shape index (κ1) is 11.4. The van der Waals surface area contributed by atoms with Crippen molar-refractivity contribution in [2.24, 2.45) is 0 Å². The summed E-state index contributed by atoms with van der Waals surface area (Å²) in [6.45, 7) is 0. The molecule has 0 N–H and O–H groups in total. The van der Waals surface area contributed by atoms with Gasteiger partial charge in [0.25, 0.3) is 5.24 Å². The third-order valence-electron chi connectivity index (χ3n) is 1.84. The molecule has 0 unspecified atom stereocenters. The van der Waals surface area contributed by atoms with E-state index in [-0.39, 0.29) is 0 Å². The Hall–Kier alpha value is -0.670. The maximum atomic E-state index is 11.0. The van der Waals surface area contributed by atoms with Crippen LogP contribution in [0.5, 0.6) is 0 Å². The fourth-order valence-corrected chi connectivity index (χ4v) is 1.94. The zero-order valence-corrected chi connectivity index (χ0v) is 9.64. The second kappa shape index (κ2) is 5.27. The zero-order valence-electron chi connectivity index (χ0n) is 7.30. The molecule has 0 saturated heterocycles. The lowest BCUT2D eigenvalue weighted by Crippen LogP contribution is -1.99. The third-order valence-corrected chi connectivity index (χ3v) is 2.79. The van der Waals surface area contributed by atoms with E-state index in [1.807, 2.05) is 6.07 Å². The van der Waals surface area contributed by atoms with Gasteiger partial charge in [-0.1, -0.05) is 22.0 Å². The van der Waals surface area contributed by atoms with Gasteiger partial charge in [0.15, 0.2) is 0 Å². The van der Waals surface area contributed by atoms with E-state index in [9.17, 15) is 9.59 Å². The summed E-state index contributed by atoms with van der Waals surface area (Å²) in [5.74, 6) is 0. The summed E-state index contributed by atoms with van der Waals surface area (Å²) < 4.78 is 0.811. The molecule has 1 rings (SSSR count). The van der Waals surface area contributed by atoms with Gasteiger partial charge >= 0.3 is 0 Å². The van der Waals surface area contributed by atoms with Crippen LogP contribution in [0.25, 0.3) is 0 Å². The van der Waals surface area contributed by atoms with Gasteiger partial charge in [0.1, 0.15) is 6.29 Å². The van der Waals surface area contributed by atoms with Crippen molar-refractivity contribution >= 4 is 39.1 Å². The Morgan fingerprint density at radius 1 is 1.50 bits per heavy atom. The number of benzene rings is 1. The van der Waals surface area contributed by atoms with E-state index in [0.717, 1.165) is 16.3 Å². The van der Waals surface area contributed by atoms with E-state index in [1.54, 1.807) is 12.1 Å².